The van der Waals surface area contributed by atoms with E-state index >= 15 is 0 Å². The molecule has 176 valence electrons. The molecule has 1 aromatic heterocycles. The Morgan fingerprint density at radius 2 is 1.85 bits per heavy atom. The van der Waals surface area contributed by atoms with Crippen LogP contribution in [0.3, 0.4) is 0 Å². The molecule has 0 aliphatic rings. The van der Waals surface area contributed by atoms with Gasteiger partial charge in [0.25, 0.3) is 5.91 Å². The van der Waals surface area contributed by atoms with Crippen molar-refractivity contribution in [3.05, 3.63) is 77.1 Å². The largest absolute Gasteiger partial charge is 0.371 e. The summed E-state index contributed by atoms with van der Waals surface area (Å²) in [4.78, 5) is 30.7. The first-order chi connectivity index (χ1) is 16.2. The second-order valence-electron chi connectivity index (χ2n) is 8.96. The third kappa shape index (κ3) is 6.16. The number of aliphatic hydroxyl groups is 1. The van der Waals surface area contributed by atoms with Crippen molar-refractivity contribution in [3.63, 3.8) is 0 Å². The molecule has 1 atom stereocenters. The Hall–Kier alpha value is -3.80. The number of fused-ring (bicyclic) bond motifs is 1. The molecule has 0 spiro atoms. The Morgan fingerprint density at radius 3 is 2.50 bits per heavy atom. The number of carbonyl (C=O) groups excluding carboxylic acids is 2. The third-order valence-electron chi connectivity index (χ3n) is 5.32. The molecular weight excluding hydrogens is 432 g/mol. The maximum Gasteiger partial charge on any atom is 0.271 e. The molecule has 8 heteroatoms. The van der Waals surface area contributed by atoms with Crippen LogP contribution in [-0.2, 0) is 16.0 Å². The van der Waals surface area contributed by atoms with Gasteiger partial charge in [0.2, 0.25) is 5.91 Å². The molecule has 3 aromatic rings. The van der Waals surface area contributed by atoms with Crippen LogP contribution < -0.4 is 10.6 Å². The Bertz CT molecular complexity index is 1210. The molecule has 1 unspecified atom stereocenters. The monoisotopic (exact) mass is 460 g/mol. The van der Waals surface area contributed by atoms with Crippen molar-refractivity contribution in [3.8, 4) is 6.07 Å². The first-order valence-electron chi connectivity index (χ1n) is 10.9. The van der Waals surface area contributed by atoms with E-state index < -0.39 is 30.1 Å². The molecule has 0 saturated heterocycles. The second-order valence-corrected chi connectivity index (χ2v) is 8.96. The van der Waals surface area contributed by atoms with E-state index in [2.05, 4.69) is 21.7 Å². The predicted molar refractivity (Wildman–Crippen MR) is 128 cm³/mol. The fraction of sp³-hybridized carbons (Fsp3) is 0.308. The fourth-order valence-corrected chi connectivity index (χ4v) is 3.57. The van der Waals surface area contributed by atoms with Crippen LogP contribution in [0.2, 0.25) is 0 Å². The van der Waals surface area contributed by atoms with E-state index in [1.807, 2.05) is 63.2 Å². The van der Waals surface area contributed by atoms with E-state index in [0.717, 1.165) is 10.9 Å². The van der Waals surface area contributed by atoms with Crippen molar-refractivity contribution in [1.29, 1.82) is 5.26 Å². The smallest absolute Gasteiger partial charge is 0.271 e. The van der Waals surface area contributed by atoms with Crippen LogP contribution in [0.5, 0.6) is 0 Å². The average Bonchev–Trinajstić information content (AvgIpc) is 2.81. The van der Waals surface area contributed by atoms with Crippen LogP contribution in [-0.4, -0.2) is 41.5 Å². The van der Waals surface area contributed by atoms with Crippen molar-refractivity contribution < 1.29 is 19.4 Å². The highest BCUT2D eigenvalue weighted by Crippen LogP contribution is 2.23. The van der Waals surface area contributed by atoms with Gasteiger partial charge < -0.3 is 20.5 Å². The molecule has 0 aliphatic heterocycles. The van der Waals surface area contributed by atoms with Gasteiger partial charge in [0.05, 0.1) is 11.6 Å². The lowest BCUT2D eigenvalue weighted by Gasteiger charge is -2.30. The Kier molecular flexibility index (Phi) is 7.95. The number of aliphatic hydroxyl groups excluding tert-OH is 1. The topological polar surface area (TPSA) is 124 Å². The lowest BCUT2D eigenvalue weighted by atomic mass is 9.86. The van der Waals surface area contributed by atoms with Gasteiger partial charge in [-0.05, 0) is 34.6 Å². The van der Waals surface area contributed by atoms with E-state index in [9.17, 15) is 9.59 Å². The van der Waals surface area contributed by atoms with Crippen molar-refractivity contribution in [2.45, 2.75) is 33.2 Å². The maximum absolute atomic E-state index is 13.4. The Balaban J connectivity index is 1.92. The highest BCUT2D eigenvalue weighted by Gasteiger charge is 2.33. The molecule has 2 aromatic carbocycles. The van der Waals surface area contributed by atoms with Crippen LogP contribution in [0.15, 0.2) is 54.6 Å². The number of ether oxygens (including phenoxy) is 1. The first-order valence-corrected chi connectivity index (χ1v) is 10.9. The molecule has 0 bridgehead atoms. The number of hydrogen-bond donors (Lipinski definition) is 3. The Morgan fingerprint density at radius 1 is 1.15 bits per heavy atom. The van der Waals surface area contributed by atoms with Crippen molar-refractivity contribution in [2.24, 2.45) is 5.41 Å². The summed E-state index contributed by atoms with van der Waals surface area (Å²) in [7, 11) is 0. The number of aromatic nitrogens is 1. The van der Waals surface area contributed by atoms with Crippen LogP contribution >= 0.6 is 0 Å². The zero-order valence-electron chi connectivity index (χ0n) is 19.5. The Labute approximate surface area is 198 Å². The SMILES string of the molecule is CC(C)(C)C(NC(=O)c1nc(Cc2ccc(C#N)cc2)cc2ccccc12)C(=O)NCOCO. The number of benzene rings is 2. The van der Waals surface area contributed by atoms with E-state index in [1.54, 1.807) is 12.1 Å². The minimum absolute atomic E-state index is 0.168. The highest BCUT2D eigenvalue weighted by atomic mass is 16.6. The molecular formula is C26H28N4O4. The molecule has 0 saturated carbocycles. The first kappa shape index (κ1) is 24.8. The zero-order valence-corrected chi connectivity index (χ0v) is 19.5. The van der Waals surface area contributed by atoms with Gasteiger partial charge in [-0.1, -0.05) is 57.2 Å². The summed E-state index contributed by atoms with van der Waals surface area (Å²) < 4.78 is 4.78. The van der Waals surface area contributed by atoms with E-state index in [-0.39, 0.29) is 12.4 Å². The summed E-state index contributed by atoms with van der Waals surface area (Å²) in [5, 5.41) is 24.7. The van der Waals surface area contributed by atoms with Gasteiger partial charge in [-0.15, -0.1) is 0 Å². The summed E-state index contributed by atoms with van der Waals surface area (Å²) in [5.74, 6) is -0.886. The quantitative estimate of drug-likeness (QED) is 0.351. The highest BCUT2D eigenvalue weighted by molar-refractivity contribution is 6.06. The fourth-order valence-electron chi connectivity index (χ4n) is 3.57. The molecule has 0 radical (unpaired) electrons. The van der Waals surface area contributed by atoms with Gasteiger partial charge in [-0.25, -0.2) is 4.98 Å². The number of nitrogens with one attached hydrogen (secondary N) is 2. The summed E-state index contributed by atoms with van der Waals surface area (Å²) >= 11 is 0. The minimum Gasteiger partial charge on any atom is -0.371 e. The molecule has 2 amide bonds. The van der Waals surface area contributed by atoms with E-state index in [1.165, 1.54) is 0 Å². The van der Waals surface area contributed by atoms with Gasteiger partial charge in [-0.3, -0.25) is 9.59 Å². The normalized spacial score (nSPS) is 12.1. The zero-order chi connectivity index (χ0) is 24.7. The molecule has 0 fully saturated rings. The van der Waals surface area contributed by atoms with Crippen LogP contribution in [0, 0.1) is 16.7 Å². The lowest BCUT2D eigenvalue weighted by Crippen LogP contribution is -2.54. The van der Waals surface area contributed by atoms with Crippen LogP contribution in [0.25, 0.3) is 10.8 Å². The molecule has 1 heterocycles. The number of pyridine rings is 1. The second kappa shape index (κ2) is 10.9. The summed E-state index contributed by atoms with van der Waals surface area (Å²) in [6, 6.07) is 17.9. The van der Waals surface area contributed by atoms with Crippen LogP contribution in [0.1, 0.15) is 48.1 Å². The molecule has 3 rings (SSSR count). The van der Waals surface area contributed by atoms with Crippen molar-refractivity contribution in [1.82, 2.24) is 15.6 Å². The van der Waals surface area contributed by atoms with E-state index in [4.69, 9.17) is 15.1 Å². The number of nitrogens with zero attached hydrogens (tertiary/aromatic N) is 2. The number of amides is 2. The summed E-state index contributed by atoms with van der Waals surface area (Å²) in [6.45, 7) is 4.85. The van der Waals surface area contributed by atoms with Crippen LogP contribution in [0.4, 0.5) is 0 Å². The average molecular weight is 461 g/mol. The van der Waals surface area contributed by atoms with Crippen molar-refractivity contribution >= 4 is 22.6 Å². The van der Waals surface area contributed by atoms with Gasteiger partial charge in [0.15, 0.2) is 0 Å². The predicted octanol–water partition coefficient (Wildman–Crippen LogP) is 2.88. The van der Waals surface area contributed by atoms with Gasteiger partial charge in [0.1, 0.15) is 25.3 Å². The molecule has 3 N–H and O–H groups in total. The molecule has 0 aliphatic carbocycles. The third-order valence-corrected chi connectivity index (χ3v) is 5.32. The van der Waals surface area contributed by atoms with Crippen molar-refractivity contribution in [2.75, 3.05) is 13.5 Å². The maximum atomic E-state index is 13.4. The number of rotatable bonds is 8. The number of carbonyl (C=O) groups is 2. The number of hydrogen-bond acceptors (Lipinski definition) is 6. The molecule has 34 heavy (non-hydrogen) atoms. The standard InChI is InChI=1S/C26H28N4O4/c1-26(2,3)23(25(33)28-15-34-16-31)30-24(32)22-21-7-5-4-6-19(21)13-20(29-22)12-17-8-10-18(14-27)11-9-17/h4-11,13,23,31H,12,15-16H2,1-3H3,(H,28,33)(H,30,32). The molecule has 8 nitrogen and oxygen atoms in total. The summed E-state index contributed by atoms with van der Waals surface area (Å²) in [5.41, 5.74) is 1.88. The summed E-state index contributed by atoms with van der Waals surface area (Å²) in [6.07, 6.45) is 0.485. The lowest BCUT2D eigenvalue weighted by molar-refractivity contribution is -0.128. The number of nitriles is 1. The minimum atomic E-state index is -0.856. The van der Waals surface area contributed by atoms with Gasteiger partial charge in [-0.2, -0.15) is 5.26 Å². The van der Waals surface area contributed by atoms with Gasteiger partial charge >= 0.3 is 0 Å². The van der Waals surface area contributed by atoms with Gasteiger partial charge in [0, 0.05) is 17.5 Å². The van der Waals surface area contributed by atoms with E-state index in [0.29, 0.717) is 23.1 Å².